The zero-order chi connectivity index (χ0) is 13.0. The number of aryl methyl sites for hydroxylation is 1. The minimum Gasteiger partial charge on any atom is -0.206 e. The molecule has 0 nitrogen and oxygen atoms in total. The highest BCUT2D eigenvalue weighted by molar-refractivity contribution is 5.65. The number of rotatable bonds is 4. The van der Waals surface area contributed by atoms with E-state index in [0.29, 0.717) is 5.56 Å². The number of unbranched alkanes of at least 4 members (excludes halogenated alkanes) is 1. The number of hydrogen-bond acceptors (Lipinski definition) is 0. The molecular weight excluding hydrogens is 230 g/mol. The Balaban J connectivity index is 2.29. The molecule has 0 aliphatic rings. The summed E-state index contributed by atoms with van der Waals surface area (Å²) in [4.78, 5) is 0. The van der Waals surface area contributed by atoms with Crippen LogP contribution in [0, 0.1) is 11.6 Å². The maximum absolute atomic E-state index is 13.6. The summed E-state index contributed by atoms with van der Waals surface area (Å²) in [5.74, 6) is -1.03. The van der Waals surface area contributed by atoms with Gasteiger partial charge in [0.25, 0.3) is 0 Å². The first kappa shape index (κ1) is 12.7. The highest BCUT2D eigenvalue weighted by Gasteiger charge is 2.10. The number of hydrogen-bond donors (Lipinski definition) is 0. The molecule has 2 aromatic rings. The molecule has 0 fully saturated rings. The van der Waals surface area contributed by atoms with Crippen molar-refractivity contribution < 1.29 is 8.78 Å². The van der Waals surface area contributed by atoms with Gasteiger partial charge in [-0.25, -0.2) is 8.78 Å². The second-order valence-electron chi connectivity index (χ2n) is 4.40. The van der Waals surface area contributed by atoms with Crippen LogP contribution in [0.3, 0.4) is 0 Å². The Morgan fingerprint density at radius 1 is 0.889 bits per heavy atom. The van der Waals surface area contributed by atoms with Crippen molar-refractivity contribution in [3.8, 4) is 11.1 Å². The monoisotopic (exact) mass is 246 g/mol. The first-order valence-electron chi connectivity index (χ1n) is 6.25. The molecule has 94 valence electrons. The minimum absolute atomic E-state index is 0.0551. The summed E-state index contributed by atoms with van der Waals surface area (Å²) in [5.41, 5.74) is 1.85. The second-order valence-corrected chi connectivity index (χ2v) is 4.40. The summed E-state index contributed by atoms with van der Waals surface area (Å²) in [5, 5.41) is 0. The Bertz CT molecular complexity index is 495. The average molecular weight is 246 g/mol. The molecule has 0 aromatic heterocycles. The summed E-state index contributed by atoms with van der Waals surface area (Å²) in [6.45, 7) is 2.14. The third-order valence-electron chi connectivity index (χ3n) is 3.02. The molecule has 0 spiro atoms. The van der Waals surface area contributed by atoms with E-state index in [2.05, 4.69) is 6.92 Å². The van der Waals surface area contributed by atoms with Gasteiger partial charge in [0.05, 0.1) is 5.56 Å². The second kappa shape index (κ2) is 5.76. The van der Waals surface area contributed by atoms with Crippen LogP contribution >= 0.6 is 0 Å². The van der Waals surface area contributed by atoms with Gasteiger partial charge in [-0.3, -0.25) is 0 Å². The van der Waals surface area contributed by atoms with Crippen molar-refractivity contribution in [1.29, 1.82) is 0 Å². The molecule has 0 aliphatic carbocycles. The van der Waals surface area contributed by atoms with Crippen LogP contribution in [0.4, 0.5) is 8.78 Å². The van der Waals surface area contributed by atoms with Gasteiger partial charge in [0.15, 0.2) is 0 Å². The Morgan fingerprint density at radius 2 is 1.50 bits per heavy atom. The molecule has 0 unspecified atom stereocenters. The van der Waals surface area contributed by atoms with Gasteiger partial charge in [0, 0.05) is 0 Å². The fourth-order valence-corrected chi connectivity index (χ4v) is 1.99. The van der Waals surface area contributed by atoms with E-state index in [0.717, 1.165) is 19.3 Å². The van der Waals surface area contributed by atoms with Crippen LogP contribution in [0.5, 0.6) is 0 Å². The van der Waals surface area contributed by atoms with E-state index in [1.54, 1.807) is 12.1 Å². The molecule has 2 heteroatoms. The molecule has 0 amide bonds. The first-order chi connectivity index (χ1) is 8.72. The zero-order valence-electron chi connectivity index (χ0n) is 10.4. The van der Waals surface area contributed by atoms with Crippen LogP contribution in [-0.4, -0.2) is 0 Å². The van der Waals surface area contributed by atoms with Crippen molar-refractivity contribution in [2.75, 3.05) is 0 Å². The van der Waals surface area contributed by atoms with Crippen LogP contribution < -0.4 is 0 Å². The Labute approximate surface area is 106 Å². The largest absolute Gasteiger partial charge is 0.206 e. The lowest BCUT2D eigenvalue weighted by atomic mass is 10.0. The summed E-state index contributed by atoms with van der Waals surface area (Å²) < 4.78 is 27.2. The molecule has 0 heterocycles. The van der Waals surface area contributed by atoms with Gasteiger partial charge >= 0.3 is 0 Å². The summed E-state index contributed by atoms with van der Waals surface area (Å²) in [6, 6.07) is 11.4. The quantitative estimate of drug-likeness (QED) is 0.714. The fourth-order valence-electron chi connectivity index (χ4n) is 1.99. The molecular formula is C16H16F2. The third-order valence-corrected chi connectivity index (χ3v) is 3.02. The molecule has 0 saturated heterocycles. The van der Waals surface area contributed by atoms with Crippen LogP contribution in [0.15, 0.2) is 42.5 Å². The SMILES string of the molecule is CCCCc1ccc(-c2c(F)cccc2F)cc1. The molecule has 2 aromatic carbocycles. The molecule has 0 aliphatic heterocycles. The molecule has 0 saturated carbocycles. The van der Waals surface area contributed by atoms with Gasteiger partial charge in [0.2, 0.25) is 0 Å². The van der Waals surface area contributed by atoms with Gasteiger partial charge in [0.1, 0.15) is 11.6 Å². The lowest BCUT2D eigenvalue weighted by Crippen LogP contribution is -1.90. The predicted molar refractivity (Wildman–Crippen MR) is 70.4 cm³/mol. The average Bonchev–Trinajstić information content (AvgIpc) is 2.37. The van der Waals surface area contributed by atoms with Gasteiger partial charge in [-0.2, -0.15) is 0 Å². The van der Waals surface area contributed by atoms with Crippen molar-refractivity contribution in [2.24, 2.45) is 0 Å². The lowest BCUT2D eigenvalue weighted by Gasteiger charge is -2.06. The van der Waals surface area contributed by atoms with Crippen molar-refractivity contribution >= 4 is 0 Å². The normalized spacial score (nSPS) is 10.6. The van der Waals surface area contributed by atoms with E-state index in [4.69, 9.17) is 0 Å². The van der Waals surface area contributed by atoms with Crippen molar-refractivity contribution in [2.45, 2.75) is 26.2 Å². The smallest absolute Gasteiger partial charge is 0.133 e. The van der Waals surface area contributed by atoms with Crippen molar-refractivity contribution in [3.05, 3.63) is 59.7 Å². The van der Waals surface area contributed by atoms with E-state index in [1.165, 1.54) is 23.8 Å². The fraction of sp³-hybridized carbons (Fsp3) is 0.250. The number of halogens is 2. The van der Waals surface area contributed by atoms with Gasteiger partial charge in [-0.1, -0.05) is 43.7 Å². The summed E-state index contributed by atoms with van der Waals surface area (Å²) >= 11 is 0. The predicted octanol–water partition coefficient (Wildman–Crippen LogP) is 4.97. The molecule has 18 heavy (non-hydrogen) atoms. The Hall–Kier alpha value is -1.70. The first-order valence-corrected chi connectivity index (χ1v) is 6.25. The molecule has 0 bridgehead atoms. The molecule has 0 N–H and O–H groups in total. The third kappa shape index (κ3) is 2.76. The van der Waals surface area contributed by atoms with Crippen LogP contribution in [-0.2, 0) is 6.42 Å². The van der Waals surface area contributed by atoms with Gasteiger partial charge in [-0.05, 0) is 36.1 Å². The van der Waals surface area contributed by atoms with E-state index in [9.17, 15) is 8.78 Å². The Morgan fingerprint density at radius 3 is 2.06 bits per heavy atom. The van der Waals surface area contributed by atoms with Crippen molar-refractivity contribution in [3.63, 3.8) is 0 Å². The lowest BCUT2D eigenvalue weighted by molar-refractivity contribution is 0.589. The highest BCUT2D eigenvalue weighted by Crippen LogP contribution is 2.26. The maximum atomic E-state index is 13.6. The highest BCUT2D eigenvalue weighted by atomic mass is 19.1. The van der Waals surface area contributed by atoms with Gasteiger partial charge in [-0.15, -0.1) is 0 Å². The summed E-state index contributed by atoms with van der Waals surface area (Å²) in [7, 11) is 0. The van der Waals surface area contributed by atoms with E-state index < -0.39 is 11.6 Å². The van der Waals surface area contributed by atoms with Crippen LogP contribution in [0.25, 0.3) is 11.1 Å². The maximum Gasteiger partial charge on any atom is 0.133 e. The van der Waals surface area contributed by atoms with Gasteiger partial charge < -0.3 is 0 Å². The van der Waals surface area contributed by atoms with E-state index >= 15 is 0 Å². The topological polar surface area (TPSA) is 0 Å². The van der Waals surface area contributed by atoms with E-state index in [-0.39, 0.29) is 5.56 Å². The standard InChI is InChI=1S/C16H16F2/c1-2-3-5-12-8-10-13(11-9-12)16-14(17)6-4-7-15(16)18/h4,6-11H,2-3,5H2,1H3. The van der Waals surface area contributed by atoms with E-state index in [1.807, 2.05) is 12.1 Å². The summed E-state index contributed by atoms with van der Waals surface area (Å²) in [6.07, 6.45) is 3.29. The van der Waals surface area contributed by atoms with Crippen LogP contribution in [0.1, 0.15) is 25.3 Å². The molecule has 2 rings (SSSR count). The van der Waals surface area contributed by atoms with Crippen molar-refractivity contribution in [1.82, 2.24) is 0 Å². The zero-order valence-corrected chi connectivity index (χ0v) is 10.4. The number of benzene rings is 2. The Kier molecular flexibility index (Phi) is 4.08. The molecule has 0 atom stereocenters. The minimum atomic E-state index is -0.517. The molecule has 0 radical (unpaired) electrons. The van der Waals surface area contributed by atoms with Crippen LogP contribution in [0.2, 0.25) is 0 Å².